The fourth-order valence-electron chi connectivity index (χ4n) is 2.87. The Labute approximate surface area is 183 Å². The Bertz CT molecular complexity index is 978. The van der Waals surface area contributed by atoms with Crippen LogP contribution in [0.4, 0.5) is 0 Å². The molecule has 0 aliphatic rings. The average Bonchev–Trinajstić information content (AvgIpc) is 3.09. The number of benzene rings is 2. The Hall–Kier alpha value is -2.19. The third-order valence-corrected chi connectivity index (χ3v) is 6.06. The SMILES string of the molecule is CCOc1cc(Br)c(CSc2nnc(-c3ccccc3OC)n2C)cc1OCC. The van der Waals surface area contributed by atoms with E-state index < -0.39 is 0 Å². The zero-order chi connectivity index (χ0) is 20.8. The Kier molecular flexibility index (Phi) is 7.44. The maximum absolute atomic E-state index is 5.75. The molecule has 0 fully saturated rings. The number of aromatic nitrogens is 3. The first-order chi connectivity index (χ1) is 14.1. The van der Waals surface area contributed by atoms with E-state index in [2.05, 4.69) is 26.1 Å². The van der Waals surface area contributed by atoms with E-state index in [-0.39, 0.29) is 0 Å². The molecule has 3 aromatic rings. The summed E-state index contributed by atoms with van der Waals surface area (Å²) in [6.07, 6.45) is 0. The van der Waals surface area contributed by atoms with E-state index in [9.17, 15) is 0 Å². The van der Waals surface area contributed by atoms with Crippen molar-refractivity contribution < 1.29 is 14.2 Å². The van der Waals surface area contributed by atoms with Gasteiger partial charge in [0.05, 0.1) is 25.9 Å². The number of hydrogen-bond donors (Lipinski definition) is 0. The minimum atomic E-state index is 0.583. The standard InChI is InChI=1S/C21H24BrN3O3S/c1-5-27-18-11-14(16(22)12-19(18)28-6-2)13-29-21-24-23-20(25(21)3)15-9-7-8-10-17(15)26-4/h7-12H,5-6,13H2,1-4H3. The van der Waals surface area contributed by atoms with Gasteiger partial charge in [-0.1, -0.05) is 39.8 Å². The lowest BCUT2D eigenvalue weighted by molar-refractivity contribution is 0.287. The topological polar surface area (TPSA) is 58.4 Å². The van der Waals surface area contributed by atoms with Crippen molar-refractivity contribution in [3.8, 4) is 28.6 Å². The minimum absolute atomic E-state index is 0.583. The molecule has 8 heteroatoms. The van der Waals surface area contributed by atoms with Gasteiger partial charge in [0.1, 0.15) is 5.75 Å². The van der Waals surface area contributed by atoms with Gasteiger partial charge in [-0.15, -0.1) is 10.2 Å². The van der Waals surface area contributed by atoms with Gasteiger partial charge in [0.25, 0.3) is 0 Å². The van der Waals surface area contributed by atoms with Gasteiger partial charge in [-0.3, -0.25) is 0 Å². The predicted octanol–water partition coefficient (Wildman–Crippen LogP) is 5.34. The van der Waals surface area contributed by atoms with Crippen molar-refractivity contribution in [2.75, 3.05) is 20.3 Å². The molecule has 0 saturated heterocycles. The summed E-state index contributed by atoms with van der Waals surface area (Å²) in [4.78, 5) is 0. The summed E-state index contributed by atoms with van der Waals surface area (Å²) in [6.45, 7) is 5.09. The fourth-order valence-corrected chi connectivity index (χ4v) is 4.42. The Morgan fingerprint density at radius 3 is 2.38 bits per heavy atom. The first-order valence-electron chi connectivity index (χ1n) is 9.32. The third kappa shape index (κ3) is 4.87. The summed E-state index contributed by atoms with van der Waals surface area (Å²) in [7, 11) is 3.62. The number of halogens is 1. The zero-order valence-corrected chi connectivity index (χ0v) is 19.3. The van der Waals surface area contributed by atoms with E-state index in [4.69, 9.17) is 14.2 Å². The normalized spacial score (nSPS) is 10.8. The molecule has 0 unspecified atom stereocenters. The molecule has 0 atom stereocenters. The molecule has 0 saturated carbocycles. The van der Waals surface area contributed by atoms with Crippen molar-refractivity contribution >= 4 is 27.7 Å². The molecule has 3 rings (SSSR count). The Morgan fingerprint density at radius 2 is 1.69 bits per heavy atom. The first kappa shape index (κ1) is 21.5. The van der Waals surface area contributed by atoms with Gasteiger partial charge in [-0.2, -0.15) is 0 Å². The fraction of sp³-hybridized carbons (Fsp3) is 0.333. The first-order valence-corrected chi connectivity index (χ1v) is 11.1. The van der Waals surface area contributed by atoms with Gasteiger partial charge in [0.15, 0.2) is 22.5 Å². The van der Waals surface area contributed by atoms with Crippen LogP contribution in [0.5, 0.6) is 17.2 Å². The highest BCUT2D eigenvalue weighted by Gasteiger charge is 2.16. The van der Waals surface area contributed by atoms with Crippen molar-refractivity contribution in [3.63, 3.8) is 0 Å². The largest absolute Gasteiger partial charge is 0.496 e. The number of thioether (sulfide) groups is 1. The second-order valence-electron chi connectivity index (χ2n) is 6.11. The molecule has 0 aliphatic heterocycles. The van der Waals surface area contributed by atoms with Gasteiger partial charge in [0.2, 0.25) is 0 Å². The average molecular weight is 478 g/mol. The molecule has 2 aromatic carbocycles. The quantitative estimate of drug-likeness (QED) is 0.387. The van der Waals surface area contributed by atoms with Crippen LogP contribution in [0.1, 0.15) is 19.4 Å². The molecule has 1 heterocycles. The monoisotopic (exact) mass is 477 g/mol. The summed E-state index contributed by atoms with van der Waals surface area (Å²) in [6, 6.07) is 11.8. The maximum Gasteiger partial charge on any atom is 0.191 e. The molecule has 154 valence electrons. The second-order valence-corrected chi connectivity index (χ2v) is 7.91. The van der Waals surface area contributed by atoms with E-state index in [0.717, 1.165) is 43.8 Å². The Balaban J connectivity index is 1.82. The molecule has 0 amide bonds. The van der Waals surface area contributed by atoms with Gasteiger partial charge in [-0.25, -0.2) is 0 Å². The van der Waals surface area contributed by atoms with E-state index in [1.54, 1.807) is 18.9 Å². The molecule has 1 aromatic heterocycles. The highest BCUT2D eigenvalue weighted by Crippen LogP contribution is 2.37. The molecule has 0 bridgehead atoms. The van der Waals surface area contributed by atoms with Crippen LogP contribution in [0.3, 0.4) is 0 Å². The molecular weight excluding hydrogens is 454 g/mol. The second kappa shape index (κ2) is 10.0. The van der Waals surface area contributed by atoms with Gasteiger partial charge in [0, 0.05) is 17.3 Å². The number of methoxy groups -OCH3 is 1. The summed E-state index contributed by atoms with van der Waals surface area (Å²) >= 11 is 5.26. The molecule has 29 heavy (non-hydrogen) atoms. The lowest BCUT2D eigenvalue weighted by atomic mass is 10.2. The van der Waals surface area contributed by atoms with Crippen LogP contribution in [-0.2, 0) is 12.8 Å². The van der Waals surface area contributed by atoms with Crippen molar-refractivity contribution in [1.29, 1.82) is 0 Å². The zero-order valence-electron chi connectivity index (χ0n) is 16.9. The Morgan fingerprint density at radius 1 is 1.00 bits per heavy atom. The van der Waals surface area contributed by atoms with E-state index >= 15 is 0 Å². The molecule has 0 spiro atoms. The molecular formula is C21H24BrN3O3S. The van der Waals surface area contributed by atoms with Crippen LogP contribution >= 0.6 is 27.7 Å². The van der Waals surface area contributed by atoms with Crippen LogP contribution in [0.25, 0.3) is 11.4 Å². The van der Waals surface area contributed by atoms with Crippen molar-refractivity contribution in [1.82, 2.24) is 14.8 Å². The maximum atomic E-state index is 5.75. The molecule has 0 aliphatic carbocycles. The van der Waals surface area contributed by atoms with E-state index in [1.165, 1.54) is 0 Å². The van der Waals surface area contributed by atoms with Crippen LogP contribution in [0.15, 0.2) is 46.0 Å². The van der Waals surface area contributed by atoms with Crippen LogP contribution in [0, 0.1) is 0 Å². The predicted molar refractivity (Wildman–Crippen MR) is 119 cm³/mol. The van der Waals surface area contributed by atoms with E-state index in [0.29, 0.717) is 19.0 Å². The van der Waals surface area contributed by atoms with Crippen LogP contribution in [0.2, 0.25) is 0 Å². The van der Waals surface area contributed by atoms with Gasteiger partial charge >= 0.3 is 0 Å². The van der Waals surface area contributed by atoms with Crippen molar-refractivity contribution in [2.24, 2.45) is 7.05 Å². The molecule has 6 nitrogen and oxygen atoms in total. The van der Waals surface area contributed by atoms with Crippen LogP contribution in [-0.4, -0.2) is 35.1 Å². The summed E-state index contributed by atoms with van der Waals surface area (Å²) in [5.74, 6) is 3.75. The molecule has 0 N–H and O–H groups in total. The van der Waals surface area contributed by atoms with Crippen molar-refractivity contribution in [3.05, 3.63) is 46.4 Å². The number of ether oxygens (including phenoxy) is 3. The summed E-state index contributed by atoms with van der Waals surface area (Å²) in [5.41, 5.74) is 2.02. The number of para-hydroxylation sites is 1. The number of hydrogen-bond acceptors (Lipinski definition) is 6. The van der Waals surface area contributed by atoms with Gasteiger partial charge in [-0.05, 0) is 43.7 Å². The minimum Gasteiger partial charge on any atom is -0.496 e. The summed E-state index contributed by atoms with van der Waals surface area (Å²) in [5, 5.41) is 9.56. The number of rotatable bonds is 9. The summed E-state index contributed by atoms with van der Waals surface area (Å²) < 4.78 is 19.8. The molecule has 0 radical (unpaired) electrons. The third-order valence-electron chi connectivity index (χ3n) is 4.25. The highest BCUT2D eigenvalue weighted by atomic mass is 79.9. The van der Waals surface area contributed by atoms with E-state index in [1.807, 2.05) is 61.9 Å². The lowest BCUT2D eigenvalue weighted by Crippen LogP contribution is -2.00. The van der Waals surface area contributed by atoms with Gasteiger partial charge < -0.3 is 18.8 Å². The lowest BCUT2D eigenvalue weighted by Gasteiger charge is -2.14. The van der Waals surface area contributed by atoms with Crippen molar-refractivity contribution in [2.45, 2.75) is 24.8 Å². The highest BCUT2D eigenvalue weighted by molar-refractivity contribution is 9.10. The number of nitrogens with zero attached hydrogens (tertiary/aromatic N) is 3. The smallest absolute Gasteiger partial charge is 0.191 e. The van der Waals surface area contributed by atoms with Crippen LogP contribution < -0.4 is 14.2 Å².